The summed E-state index contributed by atoms with van der Waals surface area (Å²) in [5, 5.41) is 4.02. The van der Waals surface area contributed by atoms with E-state index >= 15 is 0 Å². The summed E-state index contributed by atoms with van der Waals surface area (Å²) in [6, 6.07) is 12.5. The maximum absolute atomic E-state index is 4.02. The van der Waals surface area contributed by atoms with Crippen molar-refractivity contribution < 1.29 is 0 Å². The maximum Gasteiger partial charge on any atom is 0.0233 e. The van der Waals surface area contributed by atoms with Gasteiger partial charge in [0.15, 0.2) is 0 Å². The molecule has 2 heteroatoms. The van der Waals surface area contributed by atoms with Crippen LogP contribution in [0.5, 0.6) is 0 Å². The number of benzene rings is 1. The molecule has 0 aromatic heterocycles. The van der Waals surface area contributed by atoms with Gasteiger partial charge in [0.2, 0.25) is 0 Å². The van der Waals surface area contributed by atoms with Crippen LogP contribution in [0.15, 0.2) is 30.3 Å². The van der Waals surface area contributed by atoms with Crippen molar-refractivity contribution in [3.8, 4) is 0 Å². The van der Waals surface area contributed by atoms with Crippen LogP contribution >= 0.6 is 0 Å². The summed E-state index contributed by atoms with van der Waals surface area (Å²) >= 11 is 0. The van der Waals surface area contributed by atoms with E-state index in [1.807, 2.05) is 0 Å². The number of piperidine rings is 1. The highest BCUT2D eigenvalue weighted by Crippen LogP contribution is 2.48. The summed E-state index contributed by atoms with van der Waals surface area (Å²) in [5.41, 5.74) is 2.23. The number of hydrogen-bond donors (Lipinski definition) is 1. The molecule has 0 unspecified atom stereocenters. The molecule has 1 aromatic rings. The molecular weight excluding hydrogens is 292 g/mol. The minimum Gasteiger partial charge on any atom is -0.311 e. The zero-order chi connectivity index (χ0) is 16.2. The number of likely N-dealkylation sites (tertiary alicyclic amines) is 1. The van der Waals surface area contributed by atoms with Gasteiger partial charge < -0.3 is 5.32 Å². The van der Waals surface area contributed by atoms with Crippen LogP contribution < -0.4 is 5.32 Å². The smallest absolute Gasteiger partial charge is 0.0233 e. The van der Waals surface area contributed by atoms with Crippen LogP contribution in [-0.2, 0) is 6.54 Å². The molecule has 4 rings (SSSR count). The minimum absolute atomic E-state index is 0.764. The van der Waals surface area contributed by atoms with Gasteiger partial charge in [-0.1, -0.05) is 43.2 Å². The molecule has 1 N–H and O–H groups in total. The highest BCUT2D eigenvalue weighted by atomic mass is 15.1. The third-order valence-electron chi connectivity index (χ3n) is 7.02. The van der Waals surface area contributed by atoms with E-state index < -0.39 is 0 Å². The van der Waals surface area contributed by atoms with Crippen LogP contribution in [0.4, 0.5) is 0 Å². The van der Waals surface area contributed by atoms with Gasteiger partial charge in [0, 0.05) is 18.6 Å². The summed E-state index contributed by atoms with van der Waals surface area (Å²) in [5.74, 6) is 0. The van der Waals surface area contributed by atoms with Crippen molar-refractivity contribution in [2.75, 3.05) is 13.1 Å². The van der Waals surface area contributed by atoms with E-state index in [4.69, 9.17) is 0 Å². The van der Waals surface area contributed by atoms with Crippen molar-refractivity contribution in [3.05, 3.63) is 35.9 Å². The summed E-state index contributed by atoms with van der Waals surface area (Å²) in [4.78, 5) is 2.63. The Hall–Kier alpha value is -0.860. The van der Waals surface area contributed by atoms with E-state index in [0.29, 0.717) is 0 Å². The normalized spacial score (nSPS) is 26.2. The number of nitrogens with zero attached hydrogens (tertiary/aromatic N) is 1. The molecular formula is C22H34N2. The highest BCUT2D eigenvalue weighted by molar-refractivity contribution is 5.14. The Bertz CT molecular complexity index is 488. The van der Waals surface area contributed by atoms with Crippen LogP contribution in [0, 0.1) is 5.41 Å². The van der Waals surface area contributed by atoms with Crippen LogP contribution in [0.25, 0.3) is 0 Å². The Morgan fingerprint density at radius 2 is 1.46 bits per heavy atom. The van der Waals surface area contributed by atoms with E-state index in [2.05, 4.69) is 40.5 Å². The number of nitrogens with one attached hydrogen (secondary N) is 1. The lowest BCUT2D eigenvalue weighted by Gasteiger charge is -2.40. The highest BCUT2D eigenvalue weighted by Gasteiger charge is 2.37. The van der Waals surface area contributed by atoms with Crippen molar-refractivity contribution in [3.63, 3.8) is 0 Å². The van der Waals surface area contributed by atoms with E-state index in [0.717, 1.165) is 24.0 Å². The first-order valence-corrected chi connectivity index (χ1v) is 10.3. The fourth-order valence-corrected chi connectivity index (χ4v) is 5.45. The first kappa shape index (κ1) is 16.6. The fourth-order valence-electron chi connectivity index (χ4n) is 5.45. The van der Waals surface area contributed by atoms with Gasteiger partial charge in [-0.25, -0.2) is 0 Å². The van der Waals surface area contributed by atoms with Crippen LogP contribution in [0.3, 0.4) is 0 Å². The van der Waals surface area contributed by atoms with E-state index in [-0.39, 0.29) is 0 Å². The molecule has 0 atom stereocenters. The van der Waals surface area contributed by atoms with Gasteiger partial charge >= 0.3 is 0 Å². The SMILES string of the molecule is c1ccc(CN2CCC(NC3CCC4(CCCC4)CC3)CC2)cc1. The Kier molecular flexibility index (Phi) is 5.24. The van der Waals surface area contributed by atoms with Crippen molar-refractivity contribution >= 4 is 0 Å². The molecule has 3 aliphatic rings. The second-order valence-electron chi connectivity index (χ2n) is 8.68. The second kappa shape index (κ2) is 7.58. The summed E-state index contributed by atoms with van der Waals surface area (Å²) in [6.45, 7) is 3.63. The van der Waals surface area contributed by atoms with Crippen LogP contribution in [-0.4, -0.2) is 30.1 Å². The van der Waals surface area contributed by atoms with Crippen molar-refractivity contribution in [1.29, 1.82) is 0 Å². The predicted octanol–water partition coefficient (Wildman–Crippen LogP) is 4.74. The molecule has 0 radical (unpaired) electrons. The average molecular weight is 327 g/mol. The average Bonchev–Trinajstić information content (AvgIpc) is 3.08. The largest absolute Gasteiger partial charge is 0.311 e. The summed E-state index contributed by atoms with van der Waals surface area (Å²) in [6.07, 6.45) is 14.6. The molecule has 0 amide bonds. The first-order chi connectivity index (χ1) is 11.8. The van der Waals surface area contributed by atoms with Gasteiger partial charge in [-0.3, -0.25) is 4.90 Å². The standard InChI is InChI=1S/C22H34N2/c1-2-6-19(7-3-1)18-24-16-10-21(11-17-24)23-20-8-14-22(15-9-20)12-4-5-13-22/h1-3,6-7,20-21,23H,4-5,8-18H2. The molecule has 1 heterocycles. The lowest BCUT2D eigenvalue weighted by Crippen LogP contribution is -2.47. The molecule has 0 bridgehead atoms. The fraction of sp³-hybridized carbons (Fsp3) is 0.727. The topological polar surface area (TPSA) is 15.3 Å². The lowest BCUT2D eigenvalue weighted by atomic mass is 9.71. The molecule has 2 aliphatic carbocycles. The van der Waals surface area contributed by atoms with Crippen molar-refractivity contribution in [2.24, 2.45) is 5.41 Å². The van der Waals surface area contributed by atoms with Gasteiger partial charge in [-0.15, -0.1) is 0 Å². The molecule has 132 valence electrons. The molecule has 3 fully saturated rings. The van der Waals surface area contributed by atoms with Gasteiger partial charge in [-0.05, 0) is 75.4 Å². The van der Waals surface area contributed by atoms with Gasteiger partial charge in [0.1, 0.15) is 0 Å². The Balaban J connectivity index is 1.18. The Morgan fingerprint density at radius 1 is 0.833 bits per heavy atom. The zero-order valence-electron chi connectivity index (χ0n) is 15.2. The van der Waals surface area contributed by atoms with E-state index in [1.54, 1.807) is 0 Å². The van der Waals surface area contributed by atoms with E-state index in [1.165, 1.54) is 82.9 Å². The quantitative estimate of drug-likeness (QED) is 0.859. The van der Waals surface area contributed by atoms with Gasteiger partial charge in [-0.2, -0.15) is 0 Å². The molecule has 1 aliphatic heterocycles. The van der Waals surface area contributed by atoms with Crippen molar-refractivity contribution in [1.82, 2.24) is 10.2 Å². The summed E-state index contributed by atoms with van der Waals surface area (Å²) in [7, 11) is 0. The molecule has 2 saturated carbocycles. The Labute approximate surface area is 148 Å². The molecule has 24 heavy (non-hydrogen) atoms. The van der Waals surface area contributed by atoms with E-state index in [9.17, 15) is 0 Å². The molecule has 1 aromatic carbocycles. The number of hydrogen-bond acceptors (Lipinski definition) is 2. The van der Waals surface area contributed by atoms with Crippen LogP contribution in [0.2, 0.25) is 0 Å². The molecule has 2 nitrogen and oxygen atoms in total. The Morgan fingerprint density at radius 3 is 2.12 bits per heavy atom. The third kappa shape index (κ3) is 4.03. The predicted molar refractivity (Wildman–Crippen MR) is 101 cm³/mol. The third-order valence-corrected chi connectivity index (χ3v) is 7.02. The van der Waals surface area contributed by atoms with Gasteiger partial charge in [0.25, 0.3) is 0 Å². The minimum atomic E-state index is 0.764. The summed E-state index contributed by atoms with van der Waals surface area (Å²) < 4.78 is 0. The lowest BCUT2D eigenvalue weighted by molar-refractivity contribution is 0.141. The zero-order valence-corrected chi connectivity index (χ0v) is 15.2. The molecule has 1 saturated heterocycles. The van der Waals surface area contributed by atoms with Gasteiger partial charge in [0.05, 0.1) is 0 Å². The number of rotatable bonds is 4. The molecule has 1 spiro atoms. The van der Waals surface area contributed by atoms with Crippen LogP contribution in [0.1, 0.15) is 69.8 Å². The second-order valence-corrected chi connectivity index (χ2v) is 8.68. The maximum atomic E-state index is 4.02. The first-order valence-electron chi connectivity index (χ1n) is 10.3. The van der Waals surface area contributed by atoms with Crippen molar-refractivity contribution in [2.45, 2.75) is 82.8 Å². The monoisotopic (exact) mass is 326 g/mol.